The highest BCUT2D eigenvalue weighted by Gasteiger charge is 2.49. The second-order valence-corrected chi connectivity index (χ2v) is 3.34. The molecular weight excluding hydrogens is 182 g/mol. The molecule has 76 valence electrons. The van der Waals surface area contributed by atoms with Crippen molar-refractivity contribution in [3.05, 3.63) is 0 Å². The van der Waals surface area contributed by atoms with Gasteiger partial charge in [0.05, 0.1) is 18.4 Å². The quantitative estimate of drug-likeness (QED) is 0.651. The van der Waals surface area contributed by atoms with Gasteiger partial charge in [-0.3, -0.25) is 9.59 Å². The molecule has 1 aliphatic carbocycles. The topological polar surface area (TPSA) is 57.6 Å². The van der Waals surface area contributed by atoms with Gasteiger partial charge < -0.3 is 10.0 Å². The summed E-state index contributed by atoms with van der Waals surface area (Å²) < 4.78 is 0. The molecule has 0 heterocycles. The molecule has 1 saturated carbocycles. The minimum atomic E-state index is -0.889. The summed E-state index contributed by atoms with van der Waals surface area (Å²) in [5.41, 5.74) is 0. The number of carboxylic acid groups (broad SMARTS) is 1. The number of hydrogen-bond acceptors (Lipinski definition) is 2. The third-order valence-electron chi connectivity index (χ3n) is 2.40. The van der Waals surface area contributed by atoms with Crippen LogP contribution in [0.25, 0.3) is 0 Å². The van der Waals surface area contributed by atoms with Crippen molar-refractivity contribution in [3.8, 4) is 12.3 Å². The van der Waals surface area contributed by atoms with Gasteiger partial charge in [0.2, 0.25) is 5.91 Å². The minimum Gasteiger partial charge on any atom is -0.481 e. The molecule has 2 atom stereocenters. The van der Waals surface area contributed by atoms with Crippen molar-refractivity contribution in [2.24, 2.45) is 11.8 Å². The SMILES string of the molecule is C#CCN(CC)C(=O)[C@@H]1C[C@@H]1C(=O)O. The van der Waals surface area contributed by atoms with Crippen LogP contribution < -0.4 is 0 Å². The fraction of sp³-hybridized carbons (Fsp3) is 0.600. The van der Waals surface area contributed by atoms with E-state index >= 15 is 0 Å². The molecule has 0 aromatic rings. The highest BCUT2D eigenvalue weighted by Crippen LogP contribution is 2.39. The van der Waals surface area contributed by atoms with Gasteiger partial charge in [-0.05, 0) is 13.3 Å². The number of rotatable bonds is 4. The Bertz CT molecular complexity index is 292. The molecule has 0 aromatic heterocycles. The Labute approximate surface area is 82.9 Å². The van der Waals surface area contributed by atoms with Crippen molar-refractivity contribution in [2.75, 3.05) is 13.1 Å². The molecule has 0 bridgehead atoms. The predicted molar refractivity (Wildman–Crippen MR) is 50.3 cm³/mol. The highest BCUT2D eigenvalue weighted by molar-refractivity contribution is 5.89. The lowest BCUT2D eigenvalue weighted by atomic mass is 10.2. The molecule has 4 heteroatoms. The summed E-state index contributed by atoms with van der Waals surface area (Å²) in [6, 6.07) is 0. The number of carbonyl (C=O) groups excluding carboxylic acids is 1. The third kappa shape index (κ3) is 2.05. The zero-order valence-corrected chi connectivity index (χ0v) is 8.06. The van der Waals surface area contributed by atoms with Crippen LogP contribution in [0.3, 0.4) is 0 Å². The predicted octanol–water partition coefficient (Wildman–Crippen LogP) is 0.189. The summed E-state index contributed by atoms with van der Waals surface area (Å²) >= 11 is 0. The van der Waals surface area contributed by atoms with Gasteiger partial charge >= 0.3 is 5.97 Å². The van der Waals surface area contributed by atoms with Gasteiger partial charge in [-0.15, -0.1) is 6.42 Å². The van der Waals surface area contributed by atoms with Crippen LogP contribution in [0.1, 0.15) is 13.3 Å². The smallest absolute Gasteiger partial charge is 0.307 e. The second-order valence-electron chi connectivity index (χ2n) is 3.34. The molecule has 0 unspecified atom stereocenters. The Kier molecular flexibility index (Phi) is 3.13. The number of carbonyl (C=O) groups is 2. The van der Waals surface area contributed by atoms with Crippen molar-refractivity contribution in [1.29, 1.82) is 0 Å². The molecule has 1 N–H and O–H groups in total. The van der Waals surface area contributed by atoms with E-state index in [0.717, 1.165) is 0 Å². The number of carboxylic acids is 1. The average molecular weight is 195 g/mol. The monoisotopic (exact) mass is 195 g/mol. The first kappa shape index (κ1) is 10.6. The minimum absolute atomic E-state index is 0.127. The van der Waals surface area contributed by atoms with Crippen LogP contribution in [0.15, 0.2) is 0 Å². The van der Waals surface area contributed by atoms with Crippen LogP contribution in [0.5, 0.6) is 0 Å². The molecule has 0 aliphatic heterocycles. The molecular formula is C10H13NO3. The summed E-state index contributed by atoms with van der Waals surface area (Å²) in [5.74, 6) is 0.530. The Morgan fingerprint density at radius 3 is 2.57 bits per heavy atom. The summed E-state index contributed by atoms with van der Waals surface area (Å²) in [4.78, 5) is 23.7. The number of hydrogen-bond donors (Lipinski definition) is 1. The maximum atomic E-state index is 11.6. The van der Waals surface area contributed by atoms with Crippen molar-refractivity contribution in [2.45, 2.75) is 13.3 Å². The van der Waals surface area contributed by atoms with Gasteiger partial charge in [-0.25, -0.2) is 0 Å². The number of amides is 1. The van der Waals surface area contributed by atoms with E-state index in [4.69, 9.17) is 11.5 Å². The van der Waals surface area contributed by atoms with Crippen LogP contribution in [0, 0.1) is 24.2 Å². The van der Waals surface area contributed by atoms with Gasteiger partial charge in [0.15, 0.2) is 0 Å². The Morgan fingerprint density at radius 1 is 1.57 bits per heavy atom. The first-order chi connectivity index (χ1) is 6.61. The van der Waals surface area contributed by atoms with Crippen molar-refractivity contribution in [1.82, 2.24) is 4.90 Å². The maximum absolute atomic E-state index is 11.6. The van der Waals surface area contributed by atoms with Crippen molar-refractivity contribution < 1.29 is 14.7 Å². The van der Waals surface area contributed by atoms with Gasteiger partial charge in [0, 0.05) is 6.54 Å². The summed E-state index contributed by atoms with van der Waals surface area (Å²) in [6.07, 6.45) is 5.55. The van der Waals surface area contributed by atoms with E-state index in [2.05, 4.69) is 5.92 Å². The third-order valence-corrected chi connectivity index (χ3v) is 2.40. The lowest BCUT2D eigenvalue weighted by Gasteiger charge is -2.17. The summed E-state index contributed by atoms with van der Waals surface area (Å²) in [6.45, 7) is 2.62. The molecule has 4 nitrogen and oxygen atoms in total. The van der Waals surface area contributed by atoms with E-state index < -0.39 is 11.9 Å². The zero-order chi connectivity index (χ0) is 10.7. The van der Waals surface area contributed by atoms with Gasteiger partial charge in [-0.2, -0.15) is 0 Å². The Hall–Kier alpha value is -1.50. The summed E-state index contributed by atoms with van der Waals surface area (Å²) in [5, 5.41) is 8.65. The fourth-order valence-corrected chi connectivity index (χ4v) is 1.43. The zero-order valence-electron chi connectivity index (χ0n) is 8.06. The number of aliphatic carboxylic acids is 1. The second kappa shape index (κ2) is 4.14. The van der Waals surface area contributed by atoms with Crippen molar-refractivity contribution in [3.63, 3.8) is 0 Å². The number of nitrogens with zero attached hydrogens (tertiary/aromatic N) is 1. The van der Waals surface area contributed by atoms with E-state index in [1.54, 1.807) is 0 Å². The largest absolute Gasteiger partial charge is 0.481 e. The Balaban J connectivity index is 2.50. The van der Waals surface area contributed by atoms with Crippen molar-refractivity contribution >= 4 is 11.9 Å². The van der Waals surface area contributed by atoms with Gasteiger partial charge in [0.25, 0.3) is 0 Å². The van der Waals surface area contributed by atoms with E-state index in [0.29, 0.717) is 13.0 Å². The van der Waals surface area contributed by atoms with E-state index in [9.17, 15) is 9.59 Å². The highest BCUT2D eigenvalue weighted by atomic mass is 16.4. The fourth-order valence-electron chi connectivity index (χ4n) is 1.43. The van der Waals surface area contributed by atoms with E-state index in [1.807, 2.05) is 6.92 Å². The van der Waals surface area contributed by atoms with E-state index in [1.165, 1.54) is 4.90 Å². The molecule has 14 heavy (non-hydrogen) atoms. The number of terminal acetylenes is 1. The lowest BCUT2D eigenvalue weighted by molar-refractivity contribution is -0.141. The molecule has 0 saturated heterocycles. The first-order valence-corrected chi connectivity index (χ1v) is 4.56. The van der Waals surface area contributed by atoms with Crippen LogP contribution in [-0.2, 0) is 9.59 Å². The molecule has 1 amide bonds. The molecule has 0 aromatic carbocycles. The lowest BCUT2D eigenvalue weighted by Crippen LogP contribution is -2.33. The summed E-state index contributed by atoms with van der Waals surface area (Å²) in [7, 11) is 0. The standard InChI is InChI=1S/C10H13NO3/c1-3-5-11(4-2)9(12)7-6-8(7)10(13)14/h1,7-8H,4-6H2,2H3,(H,13,14)/t7-,8+/m1/s1. The molecule has 1 fully saturated rings. The van der Waals surface area contributed by atoms with E-state index in [-0.39, 0.29) is 18.4 Å². The van der Waals surface area contributed by atoms with Crippen LogP contribution in [0.4, 0.5) is 0 Å². The molecule has 1 aliphatic rings. The van der Waals surface area contributed by atoms with Gasteiger partial charge in [-0.1, -0.05) is 5.92 Å². The first-order valence-electron chi connectivity index (χ1n) is 4.56. The Morgan fingerprint density at radius 2 is 2.21 bits per heavy atom. The van der Waals surface area contributed by atoms with Crippen LogP contribution in [-0.4, -0.2) is 35.0 Å². The van der Waals surface area contributed by atoms with Crippen LogP contribution in [0.2, 0.25) is 0 Å². The van der Waals surface area contributed by atoms with Crippen LogP contribution >= 0.6 is 0 Å². The van der Waals surface area contributed by atoms with Gasteiger partial charge in [0.1, 0.15) is 0 Å². The maximum Gasteiger partial charge on any atom is 0.307 e. The molecule has 0 spiro atoms. The normalized spacial score (nSPS) is 23.7. The molecule has 1 rings (SSSR count). The average Bonchev–Trinajstić information content (AvgIpc) is 2.92. The molecule has 0 radical (unpaired) electrons.